The monoisotopic (exact) mass is 820 g/mol. The quantitative estimate of drug-likeness (QED) is 0.0344. The number of carbonyl (C=O) groups is 3. The van der Waals surface area contributed by atoms with Gasteiger partial charge < -0.3 is 14.2 Å². The van der Waals surface area contributed by atoms with E-state index in [4.69, 9.17) is 14.2 Å². The van der Waals surface area contributed by atoms with E-state index in [0.29, 0.717) is 44.5 Å². The SMILES string of the molecule is CCCCCC(CCCCC)CC(=O)OCCCCCCCCCC(CCCCCCCCOC(=O)CC(CCCCC)CCCCC)C(=O)OCCN1CCCC1. The van der Waals surface area contributed by atoms with Crippen molar-refractivity contribution in [1.82, 2.24) is 4.90 Å². The molecule has 0 bridgehead atoms. The van der Waals surface area contributed by atoms with E-state index in [9.17, 15) is 14.4 Å². The van der Waals surface area contributed by atoms with Crippen LogP contribution in [0.2, 0.25) is 0 Å². The van der Waals surface area contributed by atoms with Crippen molar-refractivity contribution in [3.8, 4) is 0 Å². The summed E-state index contributed by atoms with van der Waals surface area (Å²) in [6.45, 7) is 13.7. The Labute approximate surface area is 360 Å². The van der Waals surface area contributed by atoms with Gasteiger partial charge >= 0.3 is 17.9 Å². The van der Waals surface area contributed by atoms with Crippen LogP contribution < -0.4 is 0 Å². The summed E-state index contributed by atoms with van der Waals surface area (Å²) >= 11 is 0. The lowest BCUT2D eigenvalue weighted by Gasteiger charge is -2.18. The van der Waals surface area contributed by atoms with Crippen molar-refractivity contribution in [1.29, 1.82) is 0 Å². The number of esters is 3. The number of likely N-dealkylation sites (tertiary alicyclic amines) is 1. The summed E-state index contributed by atoms with van der Waals surface area (Å²) in [5.74, 6) is 1.01. The molecule has 1 aliphatic heterocycles. The van der Waals surface area contributed by atoms with E-state index in [1.807, 2.05) is 0 Å². The van der Waals surface area contributed by atoms with E-state index in [0.717, 1.165) is 116 Å². The second-order valence-corrected chi connectivity index (χ2v) is 18.2. The van der Waals surface area contributed by atoms with E-state index in [1.165, 1.54) is 116 Å². The van der Waals surface area contributed by atoms with Crippen molar-refractivity contribution in [2.24, 2.45) is 17.8 Å². The number of carbonyl (C=O) groups excluding carboxylic acids is 3. The molecule has 0 aromatic rings. The lowest BCUT2D eigenvalue weighted by molar-refractivity contribution is -0.149. The maximum Gasteiger partial charge on any atom is 0.308 e. The third-order valence-electron chi connectivity index (χ3n) is 12.6. The first-order valence-corrected chi connectivity index (χ1v) is 25.6. The van der Waals surface area contributed by atoms with Gasteiger partial charge in [-0.3, -0.25) is 19.3 Å². The summed E-state index contributed by atoms with van der Waals surface area (Å²) in [4.78, 5) is 40.7. The first kappa shape index (κ1) is 54.4. The molecule has 0 N–H and O–H groups in total. The highest BCUT2D eigenvalue weighted by atomic mass is 16.5. The molecule has 0 aromatic heterocycles. The Kier molecular flexibility index (Phi) is 38.2. The lowest BCUT2D eigenvalue weighted by atomic mass is 9.92. The second kappa shape index (κ2) is 40.8. The summed E-state index contributed by atoms with van der Waals surface area (Å²) in [5, 5.41) is 0. The van der Waals surface area contributed by atoms with Gasteiger partial charge in [0.15, 0.2) is 0 Å². The Balaban J connectivity index is 2.26. The molecule has 0 saturated carbocycles. The van der Waals surface area contributed by atoms with Crippen LogP contribution in [-0.2, 0) is 28.6 Å². The fourth-order valence-corrected chi connectivity index (χ4v) is 8.75. The van der Waals surface area contributed by atoms with Gasteiger partial charge in [-0.05, 0) is 89.1 Å². The summed E-state index contributed by atoms with van der Waals surface area (Å²) in [6, 6.07) is 0. The molecule has 1 heterocycles. The Morgan fingerprint density at radius 2 is 0.759 bits per heavy atom. The molecular weight excluding hydrogens is 723 g/mol. The van der Waals surface area contributed by atoms with Gasteiger partial charge in [0.25, 0.3) is 0 Å². The van der Waals surface area contributed by atoms with Crippen LogP contribution in [0, 0.1) is 17.8 Å². The number of rotatable bonds is 43. The largest absolute Gasteiger partial charge is 0.466 e. The van der Waals surface area contributed by atoms with E-state index in [2.05, 4.69) is 32.6 Å². The molecule has 0 aliphatic carbocycles. The van der Waals surface area contributed by atoms with E-state index in [-0.39, 0.29) is 23.8 Å². The maximum atomic E-state index is 13.2. The van der Waals surface area contributed by atoms with E-state index >= 15 is 0 Å². The lowest BCUT2D eigenvalue weighted by Crippen LogP contribution is -2.27. The van der Waals surface area contributed by atoms with Gasteiger partial charge in [-0.25, -0.2) is 0 Å². The van der Waals surface area contributed by atoms with Crippen LogP contribution in [-0.4, -0.2) is 62.3 Å². The van der Waals surface area contributed by atoms with Gasteiger partial charge in [0.1, 0.15) is 6.61 Å². The molecule has 1 atom stereocenters. The molecule has 1 fully saturated rings. The van der Waals surface area contributed by atoms with Crippen molar-refractivity contribution in [3.63, 3.8) is 0 Å². The molecule has 1 unspecified atom stereocenters. The van der Waals surface area contributed by atoms with Gasteiger partial charge in [-0.15, -0.1) is 0 Å². The minimum atomic E-state index is 0.000423. The second-order valence-electron chi connectivity index (χ2n) is 18.2. The van der Waals surface area contributed by atoms with E-state index < -0.39 is 0 Å². The highest BCUT2D eigenvalue weighted by molar-refractivity contribution is 5.72. The zero-order chi connectivity index (χ0) is 42.2. The van der Waals surface area contributed by atoms with Gasteiger partial charge in [0, 0.05) is 19.4 Å². The van der Waals surface area contributed by atoms with Crippen LogP contribution in [0.15, 0.2) is 0 Å². The van der Waals surface area contributed by atoms with Crippen LogP contribution in [0.1, 0.15) is 252 Å². The number of hydrogen-bond donors (Lipinski definition) is 0. The van der Waals surface area contributed by atoms with Crippen LogP contribution in [0.25, 0.3) is 0 Å². The highest BCUT2D eigenvalue weighted by Crippen LogP contribution is 2.24. The summed E-state index contributed by atoms with van der Waals surface area (Å²) in [6.07, 6.45) is 39.5. The van der Waals surface area contributed by atoms with Crippen LogP contribution >= 0.6 is 0 Å². The van der Waals surface area contributed by atoms with Gasteiger partial charge in [-0.1, -0.05) is 175 Å². The molecule has 1 saturated heterocycles. The Hall–Kier alpha value is -1.63. The topological polar surface area (TPSA) is 82.1 Å². The van der Waals surface area contributed by atoms with Crippen LogP contribution in [0.4, 0.5) is 0 Å². The molecule has 7 heteroatoms. The van der Waals surface area contributed by atoms with Gasteiger partial charge in [-0.2, -0.15) is 0 Å². The Bertz CT molecular complexity index is 916. The smallest absolute Gasteiger partial charge is 0.308 e. The molecule has 0 spiro atoms. The summed E-state index contributed by atoms with van der Waals surface area (Å²) in [7, 11) is 0. The average molecular weight is 820 g/mol. The van der Waals surface area contributed by atoms with Crippen molar-refractivity contribution >= 4 is 17.9 Å². The standard InChI is InChI=1S/C51H97NO6/c1-5-9-22-32-46(33-23-10-6-2)44-49(53)56-41-30-20-16-13-14-18-26-36-48(51(55)58-43-40-52-38-28-29-39-52)37-27-19-15-17-21-31-42-57-50(54)45-47(34-24-11-7-3)35-25-12-8-4/h46-48H,5-45H2,1-4H3. The summed E-state index contributed by atoms with van der Waals surface area (Å²) in [5.41, 5.74) is 0. The average Bonchev–Trinajstić information content (AvgIpc) is 3.74. The van der Waals surface area contributed by atoms with Crippen LogP contribution in [0.5, 0.6) is 0 Å². The van der Waals surface area contributed by atoms with Gasteiger partial charge in [0.2, 0.25) is 0 Å². The van der Waals surface area contributed by atoms with Crippen LogP contribution in [0.3, 0.4) is 0 Å². The molecule has 1 rings (SSSR count). The molecule has 0 amide bonds. The third-order valence-corrected chi connectivity index (χ3v) is 12.6. The minimum Gasteiger partial charge on any atom is -0.466 e. The number of ether oxygens (including phenoxy) is 3. The molecule has 0 aromatic carbocycles. The molecule has 342 valence electrons. The Morgan fingerprint density at radius 3 is 1.14 bits per heavy atom. The zero-order valence-electron chi connectivity index (χ0n) is 39.1. The summed E-state index contributed by atoms with van der Waals surface area (Å²) < 4.78 is 17.1. The predicted octanol–water partition coefficient (Wildman–Crippen LogP) is 14.5. The van der Waals surface area contributed by atoms with Crippen molar-refractivity contribution < 1.29 is 28.6 Å². The molecule has 58 heavy (non-hydrogen) atoms. The number of unbranched alkanes of at least 4 members (excludes halogenated alkanes) is 19. The molecular formula is C51H97NO6. The number of nitrogens with zero attached hydrogens (tertiary/aromatic N) is 1. The van der Waals surface area contributed by atoms with Crippen molar-refractivity contribution in [2.45, 2.75) is 252 Å². The molecule has 7 nitrogen and oxygen atoms in total. The fraction of sp³-hybridized carbons (Fsp3) is 0.941. The highest BCUT2D eigenvalue weighted by Gasteiger charge is 2.21. The fourth-order valence-electron chi connectivity index (χ4n) is 8.75. The normalized spacial score (nSPS) is 13.8. The zero-order valence-corrected chi connectivity index (χ0v) is 39.1. The predicted molar refractivity (Wildman–Crippen MR) is 244 cm³/mol. The maximum absolute atomic E-state index is 13.2. The number of hydrogen-bond acceptors (Lipinski definition) is 7. The first-order valence-electron chi connectivity index (χ1n) is 25.6. The van der Waals surface area contributed by atoms with Crippen molar-refractivity contribution in [2.75, 3.05) is 39.5 Å². The third kappa shape index (κ3) is 33.1. The van der Waals surface area contributed by atoms with Gasteiger partial charge in [0.05, 0.1) is 19.1 Å². The molecule has 0 radical (unpaired) electrons. The van der Waals surface area contributed by atoms with Crippen molar-refractivity contribution in [3.05, 3.63) is 0 Å². The Morgan fingerprint density at radius 1 is 0.414 bits per heavy atom. The first-order chi connectivity index (χ1) is 28.4. The minimum absolute atomic E-state index is 0.000423. The van der Waals surface area contributed by atoms with E-state index in [1.54, 1.807) is 0 Å². The molecule has 1 aliphatic rings.